The third kappa shape index (κ3) is 6.46. The van der Waals surface area contributed by atoms with E-state index in [1.165, 1.54) is 17.4 Å². The molecular formula is C22H33N3O3. The zero-order chi connectivity index (χ0) is 20.5. The molecule has 6 nitrogen and oxygen atoms in total. The van der Waals surface area contributed by atoms with E-state index in [2.05, 4.69) is 67.2 Å². The Morgan fingerprint density at radius 1 is 1.21 bits per heavy atom. The van der Waals surface area contributed by atoms with E-state index in [-0.39, 0.29) is 5.91 Å². The molecule has 1 atom stereocenters. The molecule has 2 rings (SSSR count). The van der Waals surface area contributed by atoms with Gasteiger partial charge in [-0.05, 0) is 30.4 Å². The zero-order valence-electron chi connectivity index (χ0n) is 17.7. The number of methoxy groups -OCH3 is 1. The molecule has 154 valence electrons. The van der Waals surface area contributed by atoms with Crippen LogP contribution in [0.1, 0.15) is 67.5 Å². The predicted molar refractivity (Wildman–Crippen MR) is 110 cm³/mol. The summed E-state index contributed by atoms with van der Waals surface area (Å²) in [5.74, 6) is 0.836. The third-order valence-electron chi connectivity index (χ3n) is 4.96. The lowest BCUT2D eigenvalue weighted by Gasteiger charge is -2.27. The summed E-state index contributed by atoms with van der Waals surface area (Å²) in [5, 5.41) is 2.75. The second kappa shape index (κ2) is 11.0. The van der Waals surface area contributed by atoms with Gasteiger partial charge in [0.1, 0.15) is 6.26 Å². The zero-order valence-corrected chi connectivity index (χ0v) is 17.7. The number of carbonyl (C=O) groups excluding carboxylic acids is 1. The number of amides is 1. The van der Waals surface area contributed by atoms with Crippen LogP contribution < -0.4 is 5.32 Å². The minimum atomic E-state index is -0.244. The van der Waals surface area contributed by atoms with Gasteiger partial charge in [0.2, 0.25) is 5.89 Å². The monoisotopic (exact) mass is 387 g/mol. The smallest absolute Gasteiger partial charge is 0.273 e. The quantitative estimate of drug-likeness (QED) is 0.591. The molecule has 28 heavy (non-hydrogen) atoms. The minimum absolute atomic E-state index is 0.244. The van der Waals surface area contributed by atoms with Gasteiger partial charge in [0, 0.05) is 26.2 Å². The molecule has 0 saturated heterocycles. The van der Waals surface area contributed by atoms with Gasteiger partial charge < -0.3 is 14.5 Å². The van der Waals surface area contributed by atoms with Gasteiger partial charge in [0.25, 0.3) is 5.91 Å². The van der Waals surface area contributed by atoms with E-state index in [9.17, 15) is 4.79 Å². The van der Waals surface area contributed by atoms with Crippen molar-refractivity contribution >= 4 is 5.91 Å². The van der Waals surface area contributed by atoms with Crippen molar-refractivity contribution in [2.75, 3.05) is 20.3 Å². The number of oxazole rings is 1. The summed E-state index contributed by atoms with van der Waals surface area (Å²) in [6, 6.07) is 9.14. The Balaban J connectivity index is 2.03. The normalized spacial score (nSPS) is 12.5. The first-order valence-corrected chi connectivity index (χ1v) is 9.99. The highest BCUT2D eigenvalue weighted by Gasteiger charge is 2.18. The first-order valence-electron chi connectivity index (χ1n) is 9.99. The van der Waals surface area contributed by atoms with Crippen LogP contribution in [-0.2, 0) is 17.8 Å². The maximum absolute atomic E-state index is 12.1. The number of benzene rings is 1. The fraction of sp³-hybridized carbons (Fsp3) is 0.545. The Labute approximate surface area is 168 Å². The Morgan fingerprint density at radius 3 is 2.54 bits per heavy atom. The van der Waals surface area contributed by atoms with Crippen molar-refractivity contribution in [2.24, 2.45) is 0 Å². The molecule has 0 spiro atoms. The van der Waals surface area contributed by atoms with Gasteiger partial charge in [-0.3, -0.25) is 9.69 Å². The summed E-state index contributed by atoms with van der Waals surface area (Å²) in [4.78, 5) is 18.8. The molecule has 1 amide bonds. The van der Waals surface area contributed by atoms with Gasteiger partial charge in [0.15, 0.2) is 5.69 Å². The Bertz CT molecular complexity index is 725. The minimum Gasteiger partial charge on any atom is -0.447 e. The van der Waals surface area contributed by atoms with Crippen molar-refractivity contribution in [1.82, 2.24) is 15.2 Å². The second-order valence-electron chi connectivity index (χ2n) is 7.43. The van der Waals surface area contributed by atoms with Crippen molar-refractivity contribution in [1.29, 1.82) is 0 Å². The molecular weight excluding hydrogens is 354 g/mol. The van der Waals surface area contributed by atoms with E-state index >= 15 is 0 Å². The van der Waals surface area contributed by atoms with E-state index in [0.29, 0.717) is 43.2 Å². The summed E-state index contributed by atoms with van der Waals surface area (Å²) in [6.07, 6.45) is 2.44. The summed E-state index contributed by atoms with van der Waals surface area (Å²) >= 11 is 0. The molecule has 0 fully saturated rings. The van der Waals surface area contributed by atoms with Gasteiger partial charge >= 0.3 is 0 Å². The molecule has 0 bridgehead atoms. The SMILES string of the molecule is CC[C@H](C)N(Cc1ccc(C(C)C)cc1)Cc1nc(C(=O)NCCOC)co1. The molecule has 0 aliphatic carbocycles. The van der Waals surface area contributed by atoms with E-state index in [1.807, 2.05) is 0 Å². The molecule has 0 radical (unpaired) electrons. The number of hydrogen-bond acceptors (Lipinski definition) is 5. The highest BCUT2D eigenvalue weighted by molar-refractivity contribution is 5.91. The Kier molecular flexibility index (Phi) is 8.67. The number of nitrogens with zero attached hydrogens (tertiary/aromatic N) is 2. The molecule has 1 aromatic heterocycles. The molecule has 0 unspecified atom stereocenters. The van der Waals surface area contributed by atoms with E-state index in [1.54, 1.807) is 7.11 Å². The first-order chi connectivity index (χ1) is 13.4. The van der Waals surface area contributed by atoms with Crippen LogP contribution >= 0.6 is 0 Å². The number of hydrogen-bond donors (Lipinski definition) is 1. The number of ether oxygens (including phenoxy) is 1. The van der Waals surface area contributed by atoms with Gasteiger partial charge in [-0.2, -0.15) is 0 Å². The second-order valence-corrected chi connectivity index (χ2v) is 7.43. The van der Waals surface area contributed by atoms with Crippen molar-refractivity contribution in [3.8, 4) is 0 Å². The van der Waals surface area contributed by atoms with Crippen molar-refractivity contribution < 1.29 is 13.9 Å². The molecule has 1 N–H and O–H groups in total. The van der Waals surface area contributed by atoms with Crippen LogP contribution in [-0.4, -0.2) is 42.1 Å². The Morgan fingerprint density at radius 2 is 1.93 bits per heavy atom. The van der Waals surface area contributed by atoms with Crippen LogP contribution in [0.3, 0.4) is 0 Å². The molecule has 0 saturated carbocycles. The number of carbonyl (C=O) groups is 1. The number of nitrogens with one attached hydrogen (secondary N) is 1. The fourth-order valence-electron chi connectivity index (χ4n) is 2.89. The summed E-state index contributed by atoms with van der Waals surface area (Å²) in [6.45, 7) is 11.1. The van der Waals surface area contributed by atoms with Gasteiger partial charge in [-0.25, -0.2) is 4.98 Å². The summed E-state index contributed by atoms with van der Waals surface area (Å²) in [7, 11) is 1.60. The van der Waals surface area contributed by atoms with Crippen molar-refractivity contribution in [3.63, 3.8) is 0 Å². The fourth-order valence-corrected chi connectivity index (χ4v) is 2.89. The lowest BCUT2D eigenvalue weighted by Crippen LogP contribution is -2.32. The molecule has 2 aromatic rings. The van der Waals surface area contributed by atoms with Crippen molar-refractivity contribution in [3.05, 3.63) is 53.2 Å². The third-order valence-corrected chi connectivity index (χ3v) is 4.96. The standard InChI is InChI=1S/C22H33N3O3/c1-6-17(4)25(13-18-7-9-19(10-8-18)16(2)3)14-21-24-20(15-28-21)22(26)23-11-12-27-5/h7-10,15-17H,6,11-14H2,1-5H3,(H,23,26)/t17-/m0/s1. The molecule has 0 aliphatic rings. The number of aromatic nitrogens is 1. The van der Waals surface area contributed by atoms with E-state index in [4.69, 9.17) is 9.15 Å². The van der Waals surface area contributed by atoms with Crippen LogP contribution in [0.5, 0.6) is 0 Å². The van der Waals surface area contributed by atoms with Gasteiger partial charge in [0.05, 0.1) is 13.2 Å². The van der Waals surface area contributed by atoms with Gasteiger partial charge in [-0.15, -0.1) is 0 Å². The molecule has 1 aromatic carbocycles. The van der Waals surface area contributed by atoms with Crippen LogP contribution in [0.15, 0.2) is 34.9 Å². The topological polar surface area (TPSA) is 67.6 Å². The number of rotatable bonds is 11. The van der Waals surface area contributed by atoms with Crippen molar-refractivity contribution in [2.45, 2.75) is 59.2 Å². The summed E-state index contributed by atoms with van der Waals surface area (Å²) < 4.78 is 10.5. The highest BCUT2D eigenvalue weighted by atomic mass is 16.5. The molecule has 0 aliphatic heterocycles. The molecule has 6 heteroatoms. The largest absolute Gasteiger partial charge is 0.447 e. The maximum atomic E-state index is 12.1. The lowest BCUT2D eigenvalue weighted by molar-refractivity contribution is 0.0932. The molecule has 1 heterocycles. The first kappa shape index (κ1) is 22.1. The average Bonchev–Trinajstić information content (AvgIpc) is 3.16. The average molecular weight is 388 g/mol. The van der Waals surface area contributed by atoms with Gasteiger partial charge in [-0.1, -0.05) is 45.0 Å². The maximum Gasteiger partial charge on any atom is 0.273 e. The highest BCUT2D eigenvalue weighted by Crippen LogP contribution is 2.18. The Hall–Kier alpha value is -2.18. The summed E-state index contributed by atoms with van der Waals surface area (Å²) in [5.41, 5.74) is 2.90. The van der Waals surface area contributed by atoms with Crippen LogP contribution in [0.4, 0.5) is 0 Å². The van der Waals surface area contributed by atoms with Crippen LogP contribution in [0.2, 0.25) is 0 Å². The predicted octanol–water partition coefficient (Wildman–Crippen LogP) is 3.97. The van der Waals surface area contributed by atoms with Crippen LogP contribution in [0, 0.1) is 0 Å². The van der Waals surface area contributed by atoms with E-state index < -0.39 is 0 Å². The van der Waals surface area contributed by atoms with E-state index in [0.717, 1.165) is 13.0 Å². The van der Waals surface area contributed by atoms with Crippen LogP contribution in [0.25, 0.3) is 0 Å². The lowest BCUT2D eigenvalue weighted by atomic mass is 10.0.